The van der Waals surface area contributed by atoms with Crippen molar-refractivity contribution in [1.29, 1.82) is 0 Å². The Bertz CT molecular complexity index is 1150. The summed E-state index contributed by atoms with van der Waals surface area (Å²) in [5, 5.41) is 6.58. The molecule has 4 aromatic rings. The van der Waals surface area contributed by atoms with E-state index in [0.29, 0.717) is 23.9 Å². The number of hydrogen-bond acceptors (Lipinski definition) is 6. The van der Waals surface area contributed by atoms with Crippen molar-refractivity contribution in [3.63, 3.8) is 0 Å². The van der Waals surface area contributed by atoms with Crippen molar-refractivity contribution in [2.45, 2.75) is 13.5 Å². The number of Topliss-reactive ketones (excluding diaryl/α,β-unsaturated/α-hetero) is 1. The number of carbonyl (C=O) groups is 1. The molecule has 2 aromatic heterocycles. The molecule has 2 N–H and O–H groups in total. The number of carbonyl (C=O) groups excluding carboxylic acids is 1. The standard InChI is InChI=1S/C24H21N5O/c1-17(30)20-8-5-9-21(14-20)27-23-15-22(19-6-3-2-4-7-19)28-24(29-23)26-16-18-10-12-25-13-11-18/h2-15H,16H2,1H3,(H2,26,27,28,29). The van der Waals surface area contributed by atoms with Crippen LogP contribution in [-0.4, -0.2) is 20.7 Å². The van der Waals surface area contributed by atoms with E-state index in [2.05, 4.69) is 25.6 Å². The number of nitrogens with one attached hydrogen (secondary N) is 2. The van der Waals surface area contributed by atoms with Gasteiger partial charge in [-0.05, 0) is 36.8 Å². The zero-order valence-corrected chi connectivity index (χ0v) is 16.5. The average molecular weight is 395 g/mol. The molecule has 6 heteroatoms. The summed E-state index contributed by atoms with van der Waals surface area (Å²) in [5.41, 5.74) is 4.32. The lowest BCUT2D eigenvalue weighted by Crippen LogP contribution is -2.06. The van der Waals surface area contributed by atoms with Crippen LogP contribution >= 0.6 is 0 Å². The number of rotatable bonds is 7. The van der Waals surface area contributed by atoms with E-state index in [1.54, 1.807) is 25.4 Å². The van der Waals surface area contributed by atoms with E-state index in [0.717, 1.165) is 22.5 Å². The van der Waals surface area contributed by atoms with Gasteiger partial charge in [0.2, 0.25) is 5.95 Å². The third-order valence-electron chi connectivity index (χ3n) is 4.54. The molecule has 30 heavy (non-hydrogen) atoms. The highest BCUT2D eigenvalue weighted by atomic mass is 16.1. The monoisotopic (exact) mass is 395 g/mol. The zero-order valence-electron chi connectivity index (χ0n) is 16.5. The Hall–Kier alpha value is -4.06. The van der Waals surface area contributed by atoms with Gasteiger partial charge in [-0.2, -0.15) is 4.98 Å². The first kappa shape index (κ1) is 19.3. The van der Waals surface area contributed by atoms with E-state index in [9.17, 15) is 4.79 Å². The minimum atomic E-state index is 0.0195. The average Bonchev–Trinajstić information content (AvgIpc) is 2.79. The molecule has 0 saturated carbocycles. The van der Waals surface area contributed by atoms with Crippen LogP contribution in [0.3, 0.4) is 0 Å². The van der Waals surface area contributed by atoms with Crippen LogP contribution in [0.1, 0.15) is 22.8 Å². The summed E-state index contributed by atoms with van der Waals surface area (Å²) in [7, 11) is 0. The summed E-state index contributed by atoms with van der Waals surface area (Å²) in [6.07, 6.45) is 3.51. The second-order valence-electron chi connectivity index (χ2n) is 6.80. The Morgan fingerprint density at radius 3 is 2.47 bits per heavy atom. The van der Waals surface area contributed by atoms with Crippen molar-refractivity contribution >= 4 is 23.2 Å². The first-order valence-electron chi connectivity index (χ1n) is 9.63. The molecule has 0 fully saturated rings. The second-order valence-corrected chi connectivity index (χ2v) is 6.80. The van der Waals surface area contributed by atoms with Crippen LogP contribution in [0.25, 0.3) is 11.3 Å². The van der Waals surface area contributed by atoms with E-state index >= 15 is 0 Å². The second kappa shape index (κ2) is 8.96. The molecule has 2 heterocycles. The topological polar surface area (TPSA) is 79.8 Å². The fourth-order valence-corrected chi connectivity index (χ4v) is 2.99. The lowest BCUT2D eigenvalue weighted by Gasteiger charge is -2.12. The molecule has 0 saturated heterocycles. The van der Waals surface area contributed by atoms with Crippen molar-refractivity contribution in [2.75, 3.05) is 10.6 Å². The summed E-state index contributed by atoms with van der Waals surface area (Å²) in [5.74, 6) is 1.17. The fraction of sp³-hybridized carbons (Fsp3) is 0.0833. The lowest BCUT2D eigenvalue weighted by atomic mass is 10.1. The Morgan fingerprint density at radius 2 is 1.70 bits per heavy atom. The number of pyridine rings is 1. The van der Waals surface area contributed by atoms with Gasteiger partial charge in [-0.3, -0.25) is 9.78 Å². The minimum Gasteiger partial charge on any atom is -0.350 e. The van der Waals surface area contributed by atoms with Gasteiger partial charge in [-0.1, -0.05) is 42.5 Å². The highest BCUT2D eigenvalue weighted by molar-refractivity contribution is 5.95. The molecule has 0 atom stereocenters. The molecule has 6 nitrogen and oxygen atoms in total. The number of aromatic nitrogens is 3. The third kappa shape index (κ3) is 4.86. The maximum Gasteiger partial charge on any atom is 0.225 e. The molecule has 4 rings (SSSR count). The van der Waals surface area contributed by atoms with Crippen LogP contribution in [0, 0.1) is 0 Å². The Morgan fingerprint density at radius 1 is 0.900 bits per heavy atom. The van der Waals surface area contributed by atoms with Crippen LogP contribution in [0.2, 0.25) is 0 Å². The summed E-state index contributed by atoms with van der Waals surface area (Å²) in [6.45, 7) is 2.14. The summed E-state index contributed by atoms with van der Waals surface area (Å²) < 4.78 is 0. The van der Waals surface area contributed by atoms with Crippen LogP contribution in [0.15, 0.2) is 85.2 Å². The van der Waals surface area contributed by atoms with E-state index in [1.807, 2.05) is 66.7 Å². The molecular weight excluding hydrogens is 374 g/mol. The molecule has 0 amide bonds. The number of ketones is 1. The van der Waals surface area contributed by atoms with Crippen molar-refractivity contribution in [2.24, 2.45) is 0 Å². The van der Waals surface area contributed by atoms with E-state index in [4.69, 9.17) is 0 Å². The Balaban J connectivity index is 1.65. The normalized spacial score (nSPS) is 10.4. The SMILES string of the molecule is CC(=O)c1cccc(Nc2cc(-c3ccccc3)nc(NCc3ccncc3)n2)c1. The van der Waals surface area contributed by atoms with E-state index < -0.39 is 0 Å². The van der Waals surface area contributed by atoms with Gasteiger partial charge in [-0.25, -0.2) is 4.98 Å². The van der Waals surface area contributed by atoms with Crippen molar-refractivity contribution in [3.8, 4) is 11.3 Å². The molecule has 0 radical (unpaired) electrons. The van der Waals surface area contributed by atoms with E-state index in [-0.39, 0.29) is 5.78 Å². The molecule has 0 bridgehead atoms. The first-order valence-corrected chi connectivity index (χ1v) is 9.63. The molecule has 0 aliphatic heterocycles. The quantitative estimate of drug-likeness (QED) is 0.424. The molecule has 0 spiro atoms. The fourth-order valence-electron chi connectivity index (χ4n) is 2.99. The van der Waals surface area contributed by atoms with Crippen molar-refractivity contribution < 1.29 is 4.79 Å². The molecule has 0 aliphatic rings. The molecular formula is C24H21N5O. The van der Waals surface area contributed by atoms with Gasteiger partial charge < -0.3 is 10.6 Å². The number of anilines is 3. The minimum absolute atomic E-state index is 0.0195. The maximum absolute atomic E-state index is 11.7. The largest absolute Gasteiger partial charge is 0.350 e. The molecule has 0 aliphatic carbocycles. The third-order valence-corrected chi connectivity index (χ3v) is 4.54. The van der Waals surface area contributed by atoms with Gasteiger partial charge in [0.05, 0.1) is 5.69 Å². The first-order chi connectivity index (χ1) is 14.7. The summed E-state index contributed by atoms with van der Waals surface area (Å²) in [4.78, 5) is 25.0. The van der Waals surface area contributed by atoms with Crippen molar-refractivity contribution in [1.82, 2.24) is 15.0 Å². The van der Waals surface area contributed by atoms with Crippen LogP contribution in [0.4, 0.5) is 17.5 Å². The molecule has 148 valence electrons. The molecule has 2 aromatic carbocycles. The maximum atomic E-state index is 11.7. The van der Waals surface area contributed by atoms with Crippen LogP contribution in [0.5, 0.6) is 0 Å². The lowest BCUT2D eigenvalue weighted by molar-refractivity contribution is 0.101. The predicted octanol–water partition coefficient (Wildman–Crippen LogP) is 5.10. The summed E-state index contributed by atoms with van der Waals surface area (Å²) >= 11 is 0. The van der Waals surface area contributed by atoms with Gasteiger partial charge in [0.15, 0.2) is 5.78 Å². The van der Waals surface area contributed by atoms with Gasteiger partial charge in [0.25, 0.3) is 0 Å². The highest BCUT2D eigenvalue weighted by Gasteiger charge is 2.08. The Kier molecular flexibility index (Phi) is 5.75. The summed E-state index contributed by atoms with van der Waals surface area (Å²) in [6, 6.07) is 23.1. The predicted molar refractivity (Wildman–Crippen MR) is 119 cm³/mol. The number of nitrogens with zero attached hydrogens (tertiary/aromatic N) is 3. The van der Waals surface area contributed by atoms with Gasteiger partial charge >= 0.3 is 0 Å². The molecule has 0 unspecified atom stereocenters. The number of benzene rings is 2. The van der Waals surface area contributed by atoms with Crippen LogP contribution < -0.4 is 10.6 Å². The highest BCUT2D eigenvalue weighted by Crippen LogP contribution is 2.24. The number of hydrogen-bond donors (Lipinski definition) is 2. The zero-order chi connectivity index (χ0) is 20.8. The van der Waals surface area contributed by atoms with E-state index in [1.165, 1.54) is 0 Å². The van der Waals surface area contributed by atoms with Gasteiger partial charge in [0, 0.05) is 41.8 Å². The van der Waals surface area contributed by atoms with Gasteiger partial charge in [0.1, 0.15) is 5.82 Å². The smallest absolute Gasteiger partial charge is 0.225 e. The van der Waals surface area contributed by atoms with Crippen LogP contribution in [-0.2, 0) is 6.54 Å². The Labute approximate surface area is 175 Å². The van der Waals surface area contributed by atoms with Crippen molar-refractivity contribution in [3.05, 3.63) is 96.3 Å². The van der Waals surface area contributed by atoms with Gasteiger partial charge in [-0.15, -0.1) is 0 Å².